The maximum Gasteiger partial charge on any atom is 0.223 e. The Labute approximate surface area is 105 Å². The lowest BCUT2D eigenvalue weighted by atomic mass is 10.2. The van der Waals surface area contributed by atoms with E-state index in [9.17, 15) is 0 Å². The van der Waals surface area contributed by atoms with Crippen molar-refractivity contribution in [3.05, 3.63) is 35.4 Å². The summed E-state index contributed by atoms with van der Waals surface area (Å²) in [6, 6.07) is 3.84. The first kappa shape index (κ1) is 12.8. The van der Waals surface area contributed by atoms with Gasteiger partial charge in [0.2, 0.25) is 5.89 Å². The highest BCUT2D eigenvalue weighted by Crippen LogP contribution is 2.17. The number of hydrogen-bond acceptors (Lipinski definition) is 6. The Balaban J connectivity index is 1.98. The van der Waals surface area contributed by atoms with Gasteiger partial charge in [-0.25, -0.2) is 0 Å². The molecule has 2 aromatic heterocycles. The van der Waals surface area contributed by atoms with Gasteiger partial charge >= 0.3 is 0 Å². The Morgan fingerprint density at radius 1 is 1.39 bits per heavy atom. The van der Waals surface area contributed by atoms with E-state index in [-0.39, 0.29) is 6.04 Å². The molecule has 0 aliphatic heterocycles. The first-order valence-electron chi connectivity index (χ1n) is 5.77. The summed E-state index contributed by atoms with van der Waals surface area (Å²) in [6.07, 6.45) is 0. The molecular weight excluding hydrogens is 234 g/mol. The zero-order chi connectivity index (χ0) is 13.0. The molecule has 2 heterocycles. The van der Waals surface area contributed by atoms with Gasteiger partial charge < -0.3 is 13.7 Å². The minimum Gasteiger partial charge on any atom is -0.465 e. The van der Waals surface area contributed by atoms with Gasteiger partial charge in [0.25, 0.3) is 0 Å². The van der Waals surface area contributed by atoms with Crippen molar-refractivity contribution < 1.29 is 13.7 Å². The minimum absolute atomic E-state index is 0.0255. The minimum atomic E-state index is -0.0255. The average Bonchev–Trinajstić information content (AvgIpc) is 2.94. The summed E-state index contributed by atoms with van der Waals surface area (Å²) in [4.78, 5) is 4.13. The SMILES string of the molecule is COCC(NCc1noc(C)n1)c1ccc(C)o1. The van der Waals surface area contributed by atoms with Crippen LogP contribution in [-0.2, 0) is 11.3 Å². The van der Waals surface area contributed by atoms with Crippen LogP contribution in [0.1, 0.15) is 29.3 Å². The van der Waals surface area contributed by atoms with Crippen LogP contribution in [-0.4, -0.2) is 23.9 Å². The number of nitrogens with one attached hydrogen (secondary N) is 1. The van der Waals surface area contributed by atoms with E-state index in [1.165, 1.54) is 0 Å². The van der Waals surface area contributed by atoms with E-state index in [2.05, 4.69) is 15.5 Å². The third-order valence-electron chi connectivity index (χ3n) is 2.51. The highest BCUT2D eigenvalue weighted by Gasteiger charge is 2.15. The number of aryl methyl sites for hydroxylation is 2. The summed E-state index contributed by atoms with van der Waals surface area (Å²) in [6.45, 7) is 4.70. The number of nitrogens with zero attached hydrogens (tertiary/aromatic N) is 2. The van der Waals surface area contributed by atoms with Gasteiger partial charge in [0.05, 0.1) is 19.2 Å². The van der Waals surface area contributed by atoms with Crippen LogP contribution >= 0.6 is 0 Å². The Morgan fingerprint density at radius 3 is 2.78 bits per heavy atom. The number of methoxy groups -OCH3 is 1. The van der Waals surface area contributed by atoms with E-state index in [1.807, 2.05) is 19.1 Å². The number of furan rings is 1. The normalized spacial score (nSPS) is 12.8. The van der Waals surface area contributed by atoms with Gasteiger partial charge in [0.15, 0.2) is 5.82 Å². The van der Waals surface area contributed by atoms with Crippen molar-refractivity contribution in [1.82, 2.24) is 15.5 Å². The van der Waals surface area contributed by atoms with Crippen LogP contribution in [0.25, 0.3) is 0 Å². The molecule has 0 fully saturated rings. The predicted octanol–water partition coefficient (Wildman–Crippen LogP) is 1.76. The molecule has 6 nitrogen and oxygen atoms in total. The van der Waals surface area contributed by atoms with Crippen molar-refractivity contribution in [1.29, 1.82) is 0 Å². The Bertz CT molecular complexity index is 492. The third-order valence-corrected chi connectivity index (χ3v) is 2.51. The van der Waals surface area contributed by atoms with Crippen LogP contribution in [0, 0.1) is 13.8 Å². The van der Waals surface area contributed by atoms with Crippen LogP contribution in [0.5, 0.6) is 0 Å². The summed E-state index contributed by atoms with van der Waals surface area (Å²) in [7, 11) is 1.66. The molecule has 0 saturated carbocycles. The third kappa shape index (κ3) is 3.18. The van der Waals surface area contributed by atoms with E-state index in [0.717, 1.165) is 11.5 Å². The summed E-state index contributed by atoms with van der Waals surface area (Å²) in [5, 5.41) is 7.10. The maximum atomic E-state index is 5.59. The largest absolute Gasteiger partial charge is 0.465 e. The molecule has 0 amide bonds. The van der Waals surface area contributed by atoms with Crippen LogP contribution in [0.15, 0.2) is 21.1 Å². The van der Waals surface area contributed by atoms with E-state index < -0.39 is 0 Å². The zero-order valence-corrected chi connectivity index (χ0v) is 10.8. The highest BCUT2D eigenvalue weighted by molar-refractivity contribution is 5.10. The second kappa shape index (κ2) is 5.79. The molecule has 0 saturated heterocycles. The molecular formula is C12H17N3O3. The fourth-order valence-corrected chi connectivity index (χ4v) is 1.68. The summed E-state index contributed by atoms with van der Waals surface area (Å²) in [5.41, 5.74) is 0. The van der Waals surface area contributed by atoms with Gasteiger partial charge in [0.1, 0.15) is 11.5 Å². The van der Waals surface area contributed by atoms with Gasteiger partial charge in [-0.2, -0.15) is 4.98 Å². The van der Waals surface area contributed by atoms with E-state index in [0.29, 0.717) is 24.9 Å². The van der Waals surface area contributed by atoms with E-state index >= 15 is 0 Å². The smallest absolute Gasteiger partial charge is 0.223 e. The van der Waals surface area contributed by atoms with E-state index in [1.54, 1.807) is 14.0 Å². The quantitative estimate of drug-likeness (QED) is 0.843. The molecule has 0 bridgehead atoms. The second-order valence-corrected chi connectivity index (χ2v) is 4.07. The monoisotopic (exact) mass is 251 g/mol. The second-order valence-electron chi connectivity index (χ2n) is 4.07. The first-order chi connectivity index (χ1) is 8.69. The van der Waals surface area contributed by atoms with Gasteiger partial charge in [-0.1, -0.05) is 5.16 Å². The van der Waals surface area contributed by atoms with Crippen LogP contribution in [0.2, 0.25) is 0 Å². The van der Waals surface area contributed by atoms with Crippen molar-refractivity contribution in [2.75, 3.05) is 13.7 Å². The fraction of sp³-hybridized carbons (Fsp3) is 0.500. The van der Waals surface area contributed by atoms with Gasteiger partial charge in [-0.3, -0.25) is 5.32 Å². The molecule has 1 N–H and O–H groups in total. The Morgan fingerprint density at radius 2 is 2.22 bits per heavy atom. The number of hydrogen-bond donors (Lipinski definition) is 1. The van der Waals surface area contributed by atoms with Crippen LogP contribution in [0.3, 0.4) is 0 Å². The van der Waals surface area contributed by atoms with Gasteiger partial charge in [-0.15, -0.1) is 0 Å². The lowest BCUT2D eigenvalue weighted by Crippen LogP contribution is -2.25. The summed E-state index contributed by atoms with van der Waals surface area (Å²) < 4.78 is 15.7. The Hall–Kier alpha value is -1.66. The molecule has 6 heteroatoms. The molecule has 0 spiro atoms. The highest BCUT2D eigenvalue weighted by atomic mass is 16.5. The van der Waals surface area contributed by atoms with Crippen LogP contribution in [0.4, 0.5) is 0 Å². The van der Waals surface area contributed by atoms with Crippen molar-refractivity contribution in [2.24, 2.45) is 0 Å². The number of aromatic nitrogens is 2. The molecule has 0 aliphatic rings. The van der Waals surface area contributed by atoms with Crippen molar-refractivity contribution in [2.45, 2.75) is 26.4 Å². The van der Waals surface area contributed by atoms with Crippen LogP contribution < -0.4 is 5.32 Å². The first-order valence-corrected chi connectivity index (χ1v) is 5.77. The van der Waals surface area contributed by atoms with Gasteiger partial charge in [-0.05, 0) is 19.1 Å². The number of rotatable bonds is 6. The molecule has 18 heavy (non-hydrogen) atoms. The zero-order valence-electron chi connectivity index (χ0n) is 10.8. The molecule has 0 aromatic carbocycles. The number of ether oxygens (including phenoxy) is 1. The maximum absolute atomic E-state index is 5.59. The predicted molar refractivity (Wildman–Crippen MR) is 63.9 cm³/mol. The van der Waals surface area contributed by atoms with Crippen molar-refractivity contribution in [3.8, 4) is 0 Å². The summed E-state index contributed by atoms with van der Waals surface area (Å²) >= 11 is 0. The topological polar surface area (TPSA) is 73.3 Å². The average molecular weight is 251 g/mol. The molecule has 0 radical (unpaired) electrons. The molecule has 0 aliphatic carbocycles. The molecule has 2 aromatic rings. The van der Waals surface area contributed by atoms with Crippen molar-refractivity contribution >= 4 is 0 Å². The fourth-order valence-electron chi connectivity index (χ4n) is 1.68. The molecule has 1 atom stereocenters. The molecule has 2 rings (SSSR count). The Kier molecular flexibility index (Phi) is 4.11. The standard InChI is InChI=1S/C12H17N3O3/c1-8-4-5-11(17-8)10(7-16-3)13-6-12-14-9(2)18-15-12/h4-5,10,13H,6-7H2,1-3H3. The van der Waals surface area contributed by atoms with E-state index in [4.69, 9.17) is 13.7 Å². The van der Waals surface area contributed by atoms with Gasteiger partial charge in [0, 0.05) is 14.0 Å². The summed E-state index contributed by atoms with van der Waals surface area (Å²) in [5.74, 6) is 2.90. The molecule has 98 valence electrons. The lowest BCUT2D eigenvalue weighted by Gasteiger charge is -2.14. The molecule has 1 unspecified atom stereocenters. The van der Waals surface area contributed by atoms with Crippen molar-refractivity contribution in [3.63, 3.8) is 0 Å². The lowest BCUT2D eigenvalue weighted by molar-refractivity contribution is 0.155.